The molecule has 5 nitrogen and oxygen atoms in total. The van der Waals surface area contributed by atoms with Crippen LogP contribution in [0.5, 0.6) is 0 Å². The Balaban J connectivity index is 2.06. The average molecular weight is 361 g/mol. The second-order valence-corrected chi connectivity index (χ2v) is 7.05. The number of cyclic esters (lactones) is 1. The van der Waals surface area contributed by atoms with Crippen molar-refractivity contribution in [1.82, 2.24) is 0 Å². The molecule has 0 bridgehead atoms. The van der Waals surface area contributed by atoms with E-state index in [0.29, 0.717) is 0 Å². The van der Waals surface area contributed by atoms with E-state index in [1.807, 2.05) is 24.3 Å². The minimum Gasteiger partial charge on any atom is -0.456 e. The van der Waals surface area contributed by atoms with Crippen molar-refractivity contribution in [2.75, 3.05) is 0 Å². The summed E-state index contributed by atoms with van der Waals surface area (Å²) in [4.78, 5) is 23.1. The average Bonchev–Trinajstić information content (AvgIpc) is 2.62. The highest BCUT2D eigenvalue weighted by atomic mass is 16.6. The van der Waals surface area contributed by atoms with Gasteiger partial charge in [-0.25, -0.2) is 4.79 Å². The smallest absolute Gasteiger partial charge is 0.405 e. The van der Waals surface area contributed by atoms with E-state index in [1.165, 1.54) is 12.8 Å². The molecule has 1 aliphatic rings. The summed E-state index contributed by atoms with van der Waals surface area (Å²) in [6.45, 7) is 4.27. The van der Waals surface area contributed by atoms with Crippen molar-refractivity contribution >= 4 is 12.1 Å². The van der Waals surface area contributed by atoms with Gasteiger partial charge in [0.25, 0.3) is 0 Å². The number of hydrogen-bond acceptors (Lipinski definition) is 4. The lowest BCUT2D eigenvalue weighted by Gasteiger charge is -2.36. The van der Waals surface area contributed by atoms with Crippen molar-refractivity contribution in [3.05, 3.63) is 35.4 Å². The maximum absolute atomic E-state index is 11.9. The fourth-order valence-corrected chi connectivity index (χ4v) is 3.47. The summed E-state index contributed by atoms with van der Waals surface area (Å²) in [7, 11) is 0. The van der Waals surface area contributed by atoms with E-state index in [2.05, 4.69) is 13.8 Å². The number of unbranched alkanes of at least 4 members (excludes halogenated alkanes) is 4. The van der Waals surface area contributed by atoms with Crippen molar-refractivity contribution in [1.29, 1.82) is 0 Å². The van der Waals surface area contributed by atoms with Gasteiger partial charge >= 0.3 is 12.1 Å². The molecule has 2 rings (SSSR count). The molecule has 1 saturated heterocycles. The molecule has 0 aliphatic carbocycles. The molecule has 5 heteroatoms. The maximum Gasteiger partial charge on any atom is 0.405 e. The van der Waals surface area contributed by atoms with E-state index in [-0.39, 0.29) is 24.1 Å². The van der Waals surface area contributed by atoms with Gasteiger partial charge in [-0.05, 0) is 36.5 Å². The van der Waals surface area contributed by atoms with Crippen molar-refractivity contribution in [2.24, 2.45) is 11.7 Å². The Morgan fingerprint density at radius 2 is 1.96 bits per heavy atom. The molecule has 1 aromatic carbocycles. The molecule has 0 radical (unpaired) electrons. The Morgan fingerprint density at radius 1 is 1.19 bits per heavy atom. The molecular weight excluding hydrogens is 330 g/mol. The summed E-state index contributed by atoms with van der Waals surface area (Å²) < 4.78 is 10.7. The summed E-state index contributed by atoms with van der Waals surface area (Å²) in [5.74, 6) is -0.166. The Morgan fingerprint density at radius 3 is 2.62 bits per heavy atom. The molecular formula is C21H31NO4. The van der Waals surface area contributed by atoms with Gasteiger partial charge in [0, 0.05) is 0 Å². The van der Waals surface area contributed by atoms with Crippen LogP contribution in [0.2, 0.25) is 0 Å². The van der Waals surface area contributed by atoms with Gasteiger partial charge in [-0.1, -0.05) is 64.2 Å². The molecule has 26 heavy (non-hydrogen) atoms. The van der Waals surface area contributed by atoms with Gasteiger partial charge in [0.1, 0.15) is 12.2 Å². The number of benzene rings is 1. The van der Waals surface area contributed by atoms with Crippen molar-refractivity contribution < 1.29 is 19.1 Å². The summed E-state index contributed by atoms with van der Waals surface area (Å²) in [5, 5.41) is 0. The maximum atomic E-state index is 11.9. The predicted octanol–water partition coefficient (Wildman–Crippen LogP) is 5.20. The summed E-state index contributed by atoms with van der Waals surface area (Å²) in [5.41, 5.74) is 7.10. The molecule has 144 valence electrons. The van der Waals surface area contributed by atoms with Gasteiger partial charge in [-0.2, -0.15) is 0 Å². The summed E-state index contributed by atoms with van der Waals surface area (Å²) in [6.07, 6.45) is 6.82. The number of hydrogen-bond donors (Lipinski definition) is 1. The molecule has 2 N–H and O–H groups in total. The standard InChI is InChI=1S/C21H31NO4/c1-3-5-7-8-12-17-19(26-20(17)23)16-11-9-10-15(14-16)18(13-6-4-2)25-21(22)24/h9-11,14,17-19H,3-8,12-13H2,1-2H3,(H2,22,24)/t17-,18?,19-/m0/s1. The first-order valence-electron chi connectivity index (χ1n) is 9.83. The first-order valence-corrected chi connectivity index (χ1v) is 9.83. The Bertz CT molecular complexity index is 601. The highest BCUT2D eigenvalue weighted by Gasteiger charge is 2.42. The second-order valence-electron chi connectivity index (χ2n) is 7.05. The molecule has 1 unspecified atom stereocenters. The Kier molecular flexibility index (Phi) is 7.95. The van der Waals surface area contributed by atoms with Crippen molar-refractivity contribution in [2.45, 2.75) is 77.4 Å². The van der Waals surface area contributed by atoms with Gasteiger partial charge in [-0.15, -0.1) is 0 Å². The van der Waals surface area contributed by atoms with Crippen LogP contribution >= 0.6 is 0 Å². The zero-order valence-electron chi connectivity index (χ0n) is 15.9. The van der Waals surface area contributed by atoms with Crippen molar-refractivity contribution in [3.63, 3.8) is 0 Å². The first kappa shape index (κ1) is 20.3. The van der Waals surface area contributed by atoms with Crippen LogP contribution in [-0.4, -0.2) is 12.1 Å². The zero-order chi connectivity index (χ0) is 18.9. The van der Waals surface area contributed by atoms with Crippen LogP contribution < -0.4 is 5.73 Å². The predicted molar refractivity (Wildman–Crippen MR) is 100 cm³/mol. The topological polar surface area (TPSA) is 78.6 Å². The molecule has 1 heterocycles. The second kappa shape index (κ2) is 10.2. The Labute approximate surface area is 156 Å². The first-order chi connectivity index (χ1) is 12.6. The van der Waals surface area contributed by atoms with E-state index >= 15 is 0 Å². The highest BCUT2D eigenvalue weighted by Crippen LogP contribution is 2.41. The largest absolute Gasteiger partial charge is 0.456 e. The fourth-order valence-electron chi connectivity index (χ4n) is 3.47. The van der Waals surface area contributed by atoms with Crippen LogP contribution in [0.1, 0.15) is 88.5 Å². The lowest BCUT2D eigenvalue weighted by Crippen LogP contribution is -2.38. The normalized spacial score (nSPS) is 20.2. The van der Waals surface area contributed by atoms with Gasteiger partial charge in [0.05, 0.1) is 5.92 Å². The van der Waals surface area contributed by atoms with Crippen molar-refractivity contribution in [3.8, 4) is 0 Å². The number of amides is 1. The van der Waals surface area contributed by atoms with Crippen LogP contribution in [0, 0.1) is 5.92 Å². The summed E-state index contributed by atoms with van der Waals surface area (Å²) in [6, 6.07) is 7.82. The molecule has 1 aromatic rings. The SMILES string of the molecule is CCCCCC[C@@H]1C(=O)O[C@H]1c1cccc(C(CCCC)OC(N)=O)c1. The van der Waals surface area contributed by atoms with Gasteiger partial charge in [0.2, 0.25) is 0 Å². The summed E-state index contributed by atoms with van der Waals surface area (Å²) >= 11 is 0. The number of nitrogens with two attached hydrogens (primary N) is 1. The third-order valence-corrected chi connectivity index (χ3v) is 4.97. The lowest BCUT2D eigenvalue weighted by molar-refractivity contribution is -0.186. The molecule has 0 aromatic heterocycles. The van der Waals surface area contributed by atoms with Crippen LogP contribution in [0.4, 0.5) is 4.79 Å². The number of carbonyl (C=O) groups excluding carboxylic acids is 2. The third kappa shape index (κ3) is 5.48. The zero-order valence-corrected chi connectivity index (χ0v) is 15.9. The van der Waals surface area contributed by atoms with Crippen LogP contribution in [-0.2, 0) is 14.3 Å². The van der Waals surface area contributed by atoms with Gasteiger partial charge < -0.3 is 15.2 Å². The van der Waals surface area contributed by atoms with Crippen LogP contribution in [0.3, 0.4) is 0 Å². The van der Waals surface area contributed by atoms with E-state index in [4.69, 9.17) is 15.2 Å². The van der Waals surface area contributed by atoms with Crippen LogP contribution in [0.25, 0.3) is 0 Å². The minimum atomic E-state index is -0.764. The monoisotopic (exact) mass is 361 g/mol. The molecule has 3 atom stereocenters. The quantitative estimate of drug-likeness (QED) is 0.434. The minimum absolute atomic E-state index is 0.0618. The van der Waals surface area contributed by atoms with Crippen LogP contribution in [0.15, 0.2) is 24.3 Å². The van der Waals surface area contributed by atoms with E-state index in [1.54, 1.807) is 0 Å². The Hall–Kier alpha value is -2.04. The number of rotatable bonds is 11. The molecule has 0 spiro atoms. The third-order valence-electron chi connectivity index (χ3n) is 4.97. The number of carbonyl (C=O) groups is 2. The van der Waals surface area contributed by atoms with Gasteiger partial charge in [-0.3, -0.25) is 4.79 Å². The number of esters is 1. The van der Waals surface area contributed by atoms with E-state index in [9.17, 15) is 9.59 Å². The fraction of sp³-hybridized carbons (Fsp3) is 0.619. The van der Waals surface area contributed by atoms with Gasteiger partial charge in [0.15, 0.2) is 0 Å². The molecule has 1 fully saturated rings. The van der Waals surface area contributed by atoms with E-state index in [0.717, 1.165) is 49.7 Å². The lowest BCUT2D eigenvalue weighted by atomic mass is 9.85. The number of primary amides is 1. The number of ether oxygens (including phenoxy) is 2. The molecule has 1 amide bonds. The highest BCUT2D eigenvalue weighted by molar-refractivity contribution is 5.79. The molecule has 1 aliphatic heterocycles. The molecule has 0 saturated carbocycles. The van der Waals surface area contributed by atoms with E-state index < -0.39 is 6.09 Å².